The summed E-state index contributed by atoms with van der Waals surface area (Å²) in [6.45, 7) is 0.182. The molecule has 6 heteroatoms. The Bertz CT molecular complexity index is 264. The Kier molecular flexibility index (Phi) is 5.58. The Balaban J connectivity index is 2.11. The first-order valence-corrected chi connectivity index (χ1v) is 6.24. The van der Waals surface area contributed by atoms with Gasteiger partial charge in [0, 0.05) is 18.2 Å². The lowest BCUT2D eigenvalue weighted by atomic mass is 10.5. The number of aliphatic hydroxyl groups excluding tert-OH is 1. The van der Waals surface area contributed by atoms with E-state index in [-0.39, 0.29) is 12.5 Å². The van der Waals surface area contributed by atoms with Crippen molar-refractivity contribution < 1.29 is 9.90 Å². The molecule has 0 atom stereocenters. The molecule has 1 aromatic rings. The van der Waals surface area contributed by atoms with Crippen molar-refractivity contribution in [3.63, 3.8) is 0 Å². The van der Waals surface area contributed by atoms with E-state index in [0.717, 1.165) is 12.2 Å². The summed E-state index contributed by atoms with van der Waals surface area (Å²) < 4.78 is 0. The summed E-state index contributed by atoms with van der Waals surface area (Å²) in [6.07, 6.45) is 2.38. The van der Waals surface area contributed by atoms with Crippen molar-refractivity contribution in [1.29, 1.82) is 0 Å². The number of hydrogen-bond acceptors (Lipinski definition) is 5. The first-order valence-electron chi connectivity index (χ1n) is 4.21. The van der Waals surface area contributed by atoms with E-state index in [4.69, 9.17) is 5.11 Å². The predicted octanol–water partition coefficient (Wildman–Crippen LogP) is 1.20. The highest BCUT2D eigenvalue weighted by Crippen LogP contribution is 2.11. The summed E-state index contributed by atoms with van der Waals surface area (Å²) in [5.41, 5.74) is 0. The van der Waals surface area contributed by atoms with Crippen LogP contribution in [0.15, 0.2) is 11.6 Å². The number of hydrogen-bond donors (Lipinski definition) is 2. The van der Waals surface area contributed by atoms with Gasteiger partial charge in [0.15, 0.2) is 5.13 Å². The molecule has 14 heavy (non-hydrogen) atoms. The number of anilines is 1. The number of thiazole rings is 1. The zero-order valence-corrected chi connectivity index (χ0v) is 9.24. The Labute approximate surface area is 90.7 Å². The van der Waals surface area contributed by atoms with Gasteiger partial charge in [0.25, 0.3) is 0 Å². The maximum absolute atomic E-state index is 11.2. The van der Waals surface area contributed by atoms with Crippen molar-refractivity contribution in [2.45, 2.75) is 6.42 Å². The zero-order chi connectivity index (χ0) is 10.2. The number of nitrogens with one attached hydrogen (secondary N) is 1. The summed E-state index contributed by atoms with van der Waals surface area (Å²) in [5.74, 6) is 1.18. The van der Waals surface area contributed by atoms with Crippen LogP contribution in [0.5, 0.6) is 0 Å². The second-order valence-electron chi connectivity index (χ2n) is 2.52. The van der Waals surface area contributed by atoms with Gasteiger partial charge < -0.3 is 10.4 Å². The average Bonchev–Trinajstić information content (AvgIpc) is 2.65. The molecule has 1 amide bonds. The van der Waals surface area contributed by atoms with Gasteiger partial charge in [-0.3, -0.25) is 4.79 Å². The molecule has 0 aliphatic rings. The van der Waals surface area contributed by atoms with E-state index in [1.54, 1.807) is 6.20 Å². The van der Waals surface area contributed by atoms with Crippen LogP contribution in [0.1, 0.15) is 6.42 Å². The van der Waals surface area contributed by atoms with Gasteiger partial charge in [-0.15, -0.1) is 11.3 Å². The standard InChI is InChI=1S/C8H12N2O2S2/c11-3-1-4-13-6-7(12)10-8-9-2-5-14-8/h2,5,11H,1,3-4,6H2,(H,9,10,12). The fourth-order valence-electron chi connectivity index (χ4n) is 0.772. The Morgan fingerprint density at radius 2 is 2.57 bits per heavy atom. The minimum atomic E-state index is -0.0390. The normalized spacial score (nSPS) is 10.1. The zero-order valence-electron chi connectivity index (χ0n) is 7.60. The molecule has 2 N–H and O–H groups in total. The van der Waals surface area contributed by atoms with Crippen molar-refractivity contribution in [3.8, 4) is 0 Å². The van der Waals surface area contributed by atoms with E-state index in [9.17, 15) is 4.79 Å². The second-order valence-corrected chi connectivity index (χ2v) is 4.51. The molecule has 0 radical (unpaired) electrons. The molecule has 0 fully saturated rings. The highest BCUT2D eigenvalue weighted by molar-refractivity contribution is 7.99. The highest BCUT2D eigenvalue weighted by Gasteiger charge is 2.03. The van der Waals surface area contributed by atoms with Crippen LogP contribution in [0, 0.1) is 0 Å². The van der Waals surface area contributed by atoms with Crippen LogP contribution in [0.4, 0.5) is 5.13 Å². The molecule has 0 unspecified atom stereocenters. The van der Waals surface area contributed by atoms with Gasteiger partial charge in [0.2, 0.25) is 5.91 Å². The van der Waals surface area contributed by atoms with E-state index in [1.165, 1.54) is 23.1 Å². The van der Waals surface area contributed by atoms with Gasteiger partial charge in [-0.05, 0) is 12.2 Å². The predicted molar refractivity (Wildman–Crippen MR) is 59.8 cm³/mol. The van der Waals surface area contributed by atoms with Crippen molar-refractivity contribution >= 4 is 34.1 Å². The first kappa shape index (κ1) is 11.5. The van der Waals surface area contributed by atoms with Crippen molar-refractivity contribution in [2.75, 3.05) is 23.4 Å². The van der Waals surface area contributed by atoms with E-state index >= 15 is 0 Å². The summed E-state index contributed by atoms with van der Waals surface area (Å²) in [5, 5.41) is 13.7. The van der Waals surface area contributed by atoms with Gasteiger partial charge in [0.05, 0.1) is 5.75 Å². The number of amides is 1. The van der Waals surface area contributed by atoms with Gasteiger partial charge in [-0.25, -0.2) is 4.98 Å². The van der Waals surface area contributed by atoms with E-state index < -0.39 is 0 Å². The smallest absolute Gasteiger partial charge is 0.236 e. The van der Waals surface area contributed by atoms with Gasteiger partial charge in [-0.2, -0.15) is 11.8 Å². The number of carbonyl (C=O) groups is 1. The Morgan fingerprint density at radius 1 is 1.71 bits per heavy atom. The molecule has 0 aliphatic heterocycles. The lowest BCUT2D eigenvalue weighted by Crippen LogP contribution is -2.14. The fourth-order valence-corrected chi connectivity index (χ4v) is 2.05. The topological polar surface area (TPSA) is 62.2 Å². The molecule has 1 heterocycles. The third kappa shape index (κ3) is 4.59. The van der Waals surface area contributed by atoms with Gasteiger partial charge in [0.1, 0.15) is 0 Å². The van der Waals surface area contributed by atoms with Crippen LogP contribution < -0.4 is 5.32 Å². The maximum atomic E-state index is 11.2. The molecule has 0 aliphatic carbocycles. The number of carbonyl (C=O) groups excluding carboxylic acids is 1. The van der Waals surface area contributed by atoms with Crippen LogP contribution in [0.25, 0.3) is 0 Å². The third-order valence-electron chi connectivity index (χ3n) is 1.36. The quantitative estimate of drug-likeness (QED) is 0.723. The van der Waals surface area contributed by atoms with Crippen LogP contribution in [-0.4, -0.2) is 34.1 Å². The van der Waals surface area contributed by atoms with Crippen LogP contribution in [0.2, 0.25) is 0 Å². The van der Waals surface area contributed by atoms with Crippen LogP contribution >= 0.6 is 23.1 Å². The number of aromatic nitrogens is 1. The lowest BCUT2D eigenvalue weighted by molar-refractivity contribution is -0.113. The van der Waals surface area contributed by atoms with Gasteiger partial charge >= 0.3 is 0 Å². The molecule has 0 saturated carbocycles. The van der Waals surface area contributed by atoms with E-state index in [0.29, 0.717) is 10.9 Å². The molecule has 4 nitrogen and oxygen atoms in total. The molecule has 0 aromatic carbocycles. The number of nitrogens with zero attached hydrogens (tertiary/aromatic N) is 1. The Hall–Kier alpha value is -0.590. The largest absolute Gasteiger partial charge is 0.396 e. The molecule has 1 aromatic heterocycles. The first-order chi connectivity index (χ1) is 6.83. The Morgan fingerprint density at radius 3 is 3.21 bits per heavy atom. The van der Waals surface area contributed by atoms with Gasteiger partial charge in [-0.1, -0.05) is 0 Å². The molecular weight excluding hydrogens is 220 g/mol. The summed E-state index contributed by atoms with van der Waals surface area (Å²) in [4.78, 5) is 15.2. The minimum absolute atomic E-state index is 0.0390. The van der Waals surface area contributed by atoms with Crippen molar-refractivity contribution in [2.24, 2.45) is 0 Å². The number of thioether (sulfide) groups is 1. The molecule has 0 bridgehead atoms. The molecule has 0 spiro atoms. The highest BCUT2D eigenvalue weighted by atomic mass is 32.2. The minimum Gasteiger partial charge on any atom is -0.396 e. The molecule has 0 saturated heterocycles. The number of rotatable bonds is 6. The second kappa shape index (κ2) is 6.80. The van der Waals surface area contributed by atoms with E-state index in [2.05, 4.69) is 10.3 Å². The molecule has 78 valence electrons. The van der Waals surface area contributed by atoms with Crippen molar-refractivity contribution in [1.82, 2.24) is 4.98 Å². The average molecular weight is 232 g/mol. The van der Waals surface area contributed by atoms with Crippen molar-refractivity contribution in [3.05, 3.63) is 11.6 Å². The summed E-state index contributed by atoms with van der Waals surface area (Å²) >= 11 is 2.92. The SMILES string of the molecule is O=C(CSCCCO)Nc1nccs1. The lowest BCUT2D eigenvalue weighted by Gasteiger charge is -2.00. The van der Waals surface area contributed by atoms with E-state index in [1.807, 2.05) is 5.38 Å². The molecule has 1 rings (SSSR count). The number of aliphatic hydroxyl groups is 1. The summed E-state index contributed by atoms with van der Waals surface area (Å²) in [7, 11) is 0. The molecular formula is C8H12N2O2S2. The van der Waals surface area contributed by atoms with Crippen LogP contribution in [-0.2, 0) is 4.79 Å². The summed E-state index contributed by atoms with van der Waals surface area (Å²) in [6, 6.07) is 0. The maximum Gasteiger partial charge on any atom is 0.236 e. The monoisotopic (exact) mass is 232 g/mol. The third-order valence-corrected chi connectivity index (χ3v) is 3.09. The van der Waals surface area contributed by atoms with Crippen LogP contribution in [0.3, 0.4) is 0 Å². The fraction of sp³-hybridized carbons (Fsp3) is 0.500.